The summed E-state index contributed by atoms with van der Waals surface area (Å²) in [5.41, 5.74) is 8.56. The third kappa shape index (κ3) is 8.54. The number of phenols is 1. The molecule has 0 spiro atoms. The molecule has 4 nitrogen and oxygen atoms in total. The Labute approximate surface area is 398 Å². The third-order valence-corrected chi connectivity index (χ3v) is 12.3. The molecule has 9 rings (SSSR count). The highest BCUT2D eigenvalue weighted by molar-refractivity contribution is 5.98. The van der Waals surface area contributed by atoms with Crippen LogP contribution >= 0.6 is 0 Å². The van der Waals surface area contributed by atoms with Crippen molar-refractivity contribution in [1.29, 1.82) is 0 Å². The molecule has 9 aromatic rings. The summed E-state index contributed by atoms with van der Waals surface area (Å²) in [5, 5.41) is 12.7. The average molecular weight is 859 g/mol. The maximum atomic E-state index is 12.7. The van der Waals surface area contributed by atoms with Gasteiger partial charge in [-0.2, -0.15) is 0 Å². The van der Waals surface area contributed by atoms with E-state index in [1.807, 2.05) is 104 Å². The predicted molar refractivity (Wildman–Crippen MR) is 274 cm³/mol. The van der Waals surface area contributed by atoms with E-state index in [0.29, 0.717) is 44.8 Å². The number of aromatic hydroxyl groups is 1. The molecule has 0 bridgehead atoms. The molecule has 4 heteroatoms. The lowest BCUT2D eigenvalue weighted by Crippen LogP contribution is -2.17. The average Bonchev–Trinajstić information content (AvgIpc) is 3.72. The number of aromatic nitrogens is 3. The van der Waals surface area contributed by atoms with Crippen LogP contribution in [0.2, 0.25) is 0 Å². The van der Waals surface area contributed by atoms with E-state index in [4.69, 9.17) is 22.3 Å². The normalized spacial score (nSPS) is 14.8. The predicted octanol–water partition coefficient (Wildman–Crippen LogP) is 16.3. The van der Waals surface area contributed by atoms with Crippen molar-refractivity contribution in [2.45, 2.75) is 85.3 Å². The van der Waals surface area contributed by atoms with Crippen molar-refractivity contribution in [3.05, 3.63) is 192 Å². The topological polar surface area (TPSA) is 50.9 Å². The van der Waals surface area contributed by atoms with Crippen LogP contribution in [0, 0.1) is 6.92 Å². The first-order valence-electron chi connectivity index (χ1n) is 26.5. The number of aryl methyl sites for hydroxylation is 1. The van der Waals surface area contributed by atoms with E-state index >= 15 is 0 Å². The van der Waals surface area contributed by atoms with Crippen LogP contribution in [0.5, 0.6) is 5.75 Å². The van der Waals surface area contributed by atoms with Crippen molar-refractivity contribution in [3.8, 4) is 78.6 Å². The van der Waals surface area contributed by atoms with E-state index in [0.717, 1.165) is 50.2 Å². The number of hydrogen-bond acceptors (Lipinski definition) is 3. The van der Waals surface area contributed by atoms with Crippen LogP contribution in [0.25, 0.3) is 83.9 Å². The summed E-state index contributed by atoms with van der Waals surface area (Å²) in [5.74, 6) is 0.382. The highest BCUT2D eigenvalue weighted by Gasteiger charge is 2.30. The molecule has 2 heterocycles. The Bertz CT molecular complexity index is 3510. The van der Waals surface area contributed by atoms with Gasteiger partial charge in [0.25, 0.3) is 0 Å². The van der Waals surface area contributed by atoms with Gasteiger partial charge in [-0.25, -0.2) is 4.98 Å². The number of pyridine rings is 1. The minimum absolute atomic E-state index is 0.0283. The van der Waals surface area contributed by atoms with Gasteiger partial charge < -0.3 is 5.11 Å². The molecule has 0 radical (unpaired) electrons. The van der Waals surface area contributed by atoms with Crippen LogP contribution in [0.4, 0.5) is 0 Å². The Morgan fingerprint density at radius 2 is 1.14 bits per heavy atom. The van der Waals surface area contributed by atoms with Gasteiger partial charge in [0.15, 0.2) is 0 Å². The summed E-state index contributed by atoms with van der Waals surface area (Å²) in [6, 6.07) is 52.2. The number of imidazole rings is 1. The minimum atomic E-state index is -3.49. The SMILES string of the molecule is [2H]C([2H])([2H])C(c1ccc(-n2c(-c3cc(C(C)(C)C)cc(C(C)(C)C)c3O)nc3c(-c4cc(-c5ccccc5)cc(-c5cc(-c6ccc(C)cc6)ccn5)c4)cccc32)c(-c2ccccc2)c1)(C([2H])([2H])[2H])C([2H])([2H])[2H]. The summed E-state index contributed by atoms with van der Waals surface area (Å²) >= 11 is 0. The van der Waals surface area contributed by atoms with Gasteiger partial charge in [-0.3, -0.25) is 9.55 Å². The Kier molecular flexibility index (Phi) is 8.50. The van der Waals surface area contributed by atoms with Crippen LogP contribution in [-0.2, 0) is 16.2 Å². The van der Waals surface area contributed by atoms with E-state index < -0.39 is 31.4 Å². The first-order chi connectivity index (χ1) is 34.7. The van der Waals surface area contributed by atoms with Crippen molar-refractivity contribution in [2.24, 2.45) is 0 Å². The van der Waals surface area contributed by atoms with Gasteiger partial charge in [0, 0.05) is 40.8 Å². The molecular weight excluding hydrogens is 791 g/mol. The van der Waals surface area contributed by atoms with Crippen molar-refractivity contribution in [2.75, 3.05) is 0 Å². The van der Waals surface area contributed by atoms with Crippen molar-refractivity contribution < 1.29 is 17.4 Å². The summed E-state index contributed by atoms with van der Waals surface area (Å²) in [4.78, 5) is 10.5. The smallest absolute Gasteiger partial charge is 0.149 e. The molecule has 0 aliphatic heterocycles. The Morgan fingerprint density at radius 3 is 1.82 bits per heavy atom. The third-order valence-electron chi connectivity index (χ3n) is 12.3. The summed E-state index contributed by atoms with van der Waals surface area (Å²) in [6.07, 6.45) is 1.83. The molecule has 0 fully saturated rings. The molecule has 1 N–H and O–H groups in total. The number of phenolic OH excluding ortho intramolecular Hbond substituents is 1. The molecule has 65 heavy (non-hydrogen) atoms. The zero-order chi connectivity index (χ0) is 53.3. The van der Waals surface area contributed by atoms with Crippen LogP contribution in [-0.4, -0.2) is 19.6 Å². The van der Waals surface area contributed by atoms with Crippen molar-refractivity contribution >= 4 is 11.0 Å². The molecule has 0 amide bonds. The van der Waals surface area contributed by atoms with Crippen LogP contribution in [0.3, 0.4) is 0 Å². The van der Waals surface area contributed by atoms with Gasteiger partial charge in [-0.15, -0.1) is 0 Å². The van der Waals surface area contributed by atoms with E-state index in [1.165, 1.54) is 17.7 Å². The monoisotopic (exact) mass is 859 g/mol. The number of rotatable bonds is 7. The second kappa shape index (κ2) is 16.5. The number of fused-ring (bicyclic) bond motifs is 1. The van der Waals surface area contributed by atoms with Gasteiger partial charge in [0.1, 0.15) is 11.6 Å². The molecule has 0 saturated carbocycles. The number of para-hydroxylation sites is 1. The van der Waals surface area contributed by atoms with E-state index in [9.17, 15) is 5.11 Å². The molecule has 7 aromatic carbocycles. The zero-order valence-electron chi connectivity index (χ0n) is 47.0. The van der Waals surface area contributed by atoms with Gasteiger partial charge >= 0.3 is 0 Å². The molecular formula is C61H59N3O. The van der Waals surface area contributed by atoms with Gasteiger partial charge in [0.2, 0.25) is 0 Å². The number of hydrogen-bond donors (Lipinski definition) is 1. The first kappa shape index (κ1) is 33.5. The highest BCUT2D eigenvalue weighted by Crippen LogP contribution is 2.46. The quantitative estimate of drug-likeness (QED) is 0.174. The summed E-state index contributed by atoms with van der Waals surface area (Å²) < 4.78 is 79.7. The Balaban J connectivity index is 1.40. The van der Waals surface area contributed by atoms with Crippen LogP contribution in [0.1, 0.15) is 96.7 Å². The minimum Gasteiger partial charge on any atom is -0.507 e. The summed E-state index contributed by atoms with van der Waals surface area (Å²) in [6.45, 7) is 4.05. The largest absolute Gasteiger partial charge is 0.507 e. The van der Waals surface area contributed by atoms with Crippen LogP contribution < -0.4 is 0 Å². The fourth-order valence-corrected chi connectivity index (χ4v) is 8.62. The Morgan fingerprint density at radius 1 is 0.492 bits per heavy atom. The second-order valence-electron chi connectivity index (χ2n) is 19.2. The zero-order valence-corrected chi connectivity index (χ0v) is 38.0. The molecule has 0 saturated heterocycles. The van der Waals surface area contributed by atoms with Crippen molar-refractivity contribution in [3.63, 3.8) is 0 Å². The second-order valence-corrected chi connectivity index (χ2v) is 19.2. The van der Waals surface area contributed by atoms with Crippen LogP contribution in [0.15, 0.2) is 170 Å². The molecule has 0 aliphatic carbocycles. The fraction of sp³-hybridized carbons (Fsp3) is 0.213. The maximum Gasteiger partial charge on any atom is 0.149 e. The van der Waals surface area contributed by atoms with E-state index in [2.05, 4.69) is 88.4 Å². The lowest BCUT2D eigenvalue weighted by atomic mass is 9.79. The van der Waals surface area contributed by atoms with Gasteiger partial charge in [-0.05, 0) is 122 Å². The molecule has 0 unspecified atom stereocenters. The van der Waals surface area contributed by atoms with Gasteiger partial charge in [-0.1, -0.05) is 177 Å². The number of benzene rings is 7. The fourth-order valence-electron chi connectivity index (χ4n) is 8.62. The summed E-state index contributed by atoms with van der Waals surface area (Å²) in [7, 11) is 0. The van der Waals surface area contributed by atoms with E-state index in [-0.39, 0.29) is 16.7 Å². The lowest BCUT2D eigenvalue weighted by molar-refractivity contribution is 0.446. The Hall–Kier alpha value is -7.04. The molecule has 2 aromatic heterocycles. The molecule has 0 aliphatic rings. The standard InChI is InChI=1S/C61H59N3O/c1-39-24-26-41(27-25-39)43-30-31-62-53(35-43)46-33-44(40-18-13-11-14-19-40)32-45(34-46)49-22-17-23-55-56(49)63-58(51-37-48(60(5,6)7)38-52(57(51)65)61(8,9)10)64(55)54-29-28-47(59(2,3)4)36-50(54)42-20-15-12-16-21-42/h11-38,65H,1-10H3/i2D3,3D3,4D3. The molecule has 0 atom stereocenters. The van der Waals surface area contributed by atoms with E-state index in [1.54, 1.807) is 18.2 Å². The highest BCUT2D eigenvalue weighted by atomic mass is 16.3. The number of nitrogens with zero attached hydrogens (tertiary/aromatic N) is 3. The van der Waals surface area contributed by atoms with Gasteiger partial charge in [0.05, 0.1) is 28.0 Å². The molecule has 324 valence electrons. The maximum absolute atomic E-state index is 12.7. The lowest BCUT2D eigenvalue weighted by Gasteiger charge is -2.28. The first-order valence-corrected chi connectivity index (χ1v) is 22.0. The van der Waals surface area contributed by atoms with Crippen molar-refractivity contribution in [1.82, 2.24) is 14.5 Å².